The zero-order chi connectivity index (χ0) is 15.4. The second-order valence-electron chi connectivity index (χ2n) is 5.62. The van der Waals surface area contributed by atoms with Gasteiger partial charge in [0.2, 0.25) is 0 Å². The summed E-state index contributed by atoms with van der Waals surface area (Å²) < 4.78 is 1.71. The summed E-state index contributed by atoms with van der Waals surface area (Å²) in [5.41, 5.74) is 1.59. The van der Waals surface area contributed by atoms with Gasteiger partial charge in [-0.2, -0.15) is 0 Å². The van der Waals surface area contributed by atoms with E-state index in [2.05, 4.69) is 18.7 Å². The van der Waals surface area contributed by atoms with Gasteiger partial charge in [0.25, 0.3) is 5.56 Å². The Balaban J connectivity index is 2.43. The van der Waals surface area contributed by atoms with Gasteiger partial charge in [0.15, 0.2) is 0 Å². The normalized spacial score (nSPS) is 15.0. The number of carboxylic acids is 1. The van der Waals surface area contributed by atoms with E-state index < -0.39 is 5.97 Å². The molecule has 5 heteroatoms. The first-order valence-corrected chi connectivity index (χ1v) is 7.79. The number of hydrogen-bond donors (Lipinski definition) is 1. The lowest BCUT2D eigenvalue weighted by Gasteiger charge is -2.29. The predicted molar refractivity (Wildman–Crippen MR) is 81.8 cm³/mol. The summed E-state index contributed by atoms with van der Waals surface area (Å²) in [6.45, 7) is 7.45. The van der Waals surface area contributed by atoms with E-state index in [1.807, 2.05) is 0 Å². The van der Waals surface area contributed by atoms with Gasteiger partial charge in [-0.25, -0.2) is 4.79 Å². The molecule has 0 fully saturated rings. The Bertz CT molecular complexity index is 578. The minimum Gasteiger partial charge on any atom is -0.477 e. The monoisotopic (exact) mass is 292 g/mol. The van der Waals surface area contributed by atoms with Gasteiger partial charge in [0.05, 0.1) is 0 Å². The van der Waals surface area contributed by atoms with Gasteiger partial charge in [0.1, 0.15) is 5.56 Å². The summed E-state index contributed by atoms with van der Waals surface area (Å²) >= 11 is 0. The van der Waals surface area contributed by atoms with E-state index in [4.69, 9.17) is 0 Å². The van der Waals surface area contributed by atoms with Crippen LogP contribution in [0.1, 0.15) is 54.7 Å². The smallest absolute Gasteiger partial charge is 0.341 e. The van der Waals surface area contributed by atoms with Crippen LogP contribution in [0.25, 0.3) is 0 Å². The van der Waals surface area contributed by atoms with Crippen LogP contribution in [-0.2, 0) is 19.5 Å². The fourth-order valence-electron chi connectivity index (χ4n) is 2.96. The first kappa shape index (κ1) is 15.8. The first-order valence-electron chi connectivity index (χ1n) is 7.79. The molecule has 0 radical (unpaired) electrons. The van der Waals surface area contributed by atoms with Crippen molar-refractivity contribution in [2.45, 2.75) is 52.6 Å². The molecule has 1 aliphatic heterocycles. The van der Waals surface area contributed by atoms with Crippen LogP contribution in [0.3, 0.4) is 0 Å². The van der Waals surface area contributed by atoms with Crippen LogP contribution in [0.15, 0.2) is 10.9 Å². The molecule has 0 unspecified atom stereocenters. The Kier molecular flexibility index (Phi) is 5.17. The van der Waals surface area contributed by atoms with E-state index >= 15 is 0 Å². The lowest BCUT2D eigenvalue weighted by molar-refractivity contribution is 0.0693. The standard InChI is InChI=1S/C16H24N2O3/c1-3-5-6-8-18-14-7-9-17(4-2)11-12(14)10-13(15(18)19)16(20)21/h10H,3-9,11H2,1-2H3,(H,20,21). The number of hydrogen-bond acceptors (Lipinski definition) is 3. The van der Waals surface area contributed by atoms with Gasteiger partial charge in [-0.05, 0) is 24.6 Å². The maximum absolute atomic E-state index is 12.4. The molecule has 0 saturated carbocycles. The number of fused-ring (bicyclic) bond motifs is 1. The minimum absolute atomic E-state index is 0.0943. The summed E-state index contributed by atoms with van der Waals surface area (Å²) in [4.78, 5) is 26.0. The van der Waals surface area contributed by atoms with Crippen molar-refractivity contribution in [2.24, 2.45) is 0 Å². The topological polar surface area (TPSA) is 62.5 Å². The molecule has 2 heterocycles. The lowest BCUT2D eigenvalue weighted by atomic mass is 10.0. The zero-order valence-corrected chi connectivity index (χ0v) is 12.9. The van der Waals surface area contributed by atoms with Gasteiger partial charge in [-0.3, -0.25) is 9.69 Å². The molecule has 1 aromatic heterocycles. The van der Waals surface area contributed by atoms with Crippen LogP contribution >= 0.6 is 0 Å². The molecule has 1 N–H and O–H groups in total. The van der Waals surface area contributed by atoms with Gasteiger partial charge in [-0.1, -0.05) is 26.7 Å². The van der Waals surface area contributed by atoms with Crippen LogP contribution < -0.4 is 5.56 Å². The van der Waals surface area contributed by atoms with Gasteiger partial charge in [0, 0.05) is 31.7 Å². The molecular formula is C16H24N2O3. The number of carbonyl (C=O) groups is 1. The highest BCUT2D eigenvalue weighted by atomic mass is 16.4. The zero-order valence-electron chi connectivity index (χ0n) is 12.9. The summed E-state index contributed by atoms with van der Waals surface area (Å²) in [6, 6.07) is 1.58. The number of carboxylic acid groups (broad SMARTS) is 1. The first-order chi connectivity index (χ1) is 10.1. The molecule has 116 valence electrons. The lowest BCUT2D eigenvalue weighted by Crippen LogP contribution is -2.37. The number of nitrogens with zero attached hydrogens (tertiary/aromatic N) is 2. The van der Waals surface area contributed by atoms with E-state index in [9.17, 15) is 14.7 Å². The van der Waals surface area contributed by atoms with E-state index in [-0.39, 0.29) is 11.1 Å². The van der Waals surface area contributed by atoms with Crippen molar-refractivity contribution in [3.8, 4) is 0 Å². The van der Waals surface area contributed by atoms with Crippen molar-refractivity contribution in [1.29, 1.82) is 0 Å². The van der Waals surface area contributed by atoms with Gasteiger partial charge >= 0.3 is 5.97 Å². The molecular weight excluding hydrogens is 268 g/mol. The molecule has 0 saturated heterocycles. The Morgan fingerprint density at radius 1 is 1.33 bits per heavy atom. The third-order valence-electron chi connectivity index (χ3n) is 4.21. The molecule has 0 aromatic carbocycles. The van der Waals surface area contributed by atoms with Crippen molar-refractivity contribution in [3.05, 3.63) is 33.2 Å². The predicted octanol–water partition coefficient (Wildman–Crippen LogP) is 2.11. The van der Waals surface area contributed by atoms with Crippen LogP contribution in [0, 0.1) is 0 Å². The van der Waals surface area contributed by atoms with Crippen LogP contribution in [0.4, 0.5) is 0 Å². The van der Waals surface area contributed by atoms with E-state index in [1.165, 1.54) is 0 Å². The number of rotatable bonds is 6. The van der Waals surface area contributed by atoms with Crippen molar-refractivity contribution < 1.29 is 9.90 Å². The maximum Gasteiger partial charge on any atom is 0.341 e. The van der Waals surface area contributed by atoms with Crippen molar-refractivity contribution in [2.75, 3.05) is 13.1 Å². The molecule has 2 rings (SSSR count). The highest BCUT2D eigenvalue weighted by Crippen LogP contribution is 2.19. The number of unbranched alkanes of at least 4 members (excludes halogenated alkanes) is 2. The molecule has 0 amide bonds. The molecule has 0 bridgehead atoms. The maximum atomic E-state index is 12.4. The van der Waals surface area contributed by atoms with Crippen LogP contribution in [0.5, 0.6) is 0 Å². The summed E-state index contributed by atoms with van der Waals surface area (Å²) in [5.74, 6) is -1.12. The molecule has 5 nitrogen and oxygen atoms in total. The van der Waals surface area contributed by atoms with Crippen LogP contribution in [0.2, 0.25) is 0 Å². The minimum atomic E-state index is -1.12. The molecule has 0 spiro atoms. The molecule has 1 aromatic rings. The molecule has 0 aliphatic carbocycles. The summed E-state index contributed by atoms with van der Waals surface area (Å²) in [5, 5.41) is 9.26. The number of aromatic nitrogens is 1. The van der Waals surface area contributed by atoms with Gasteiger partial charge in [-0.15, -0.1) is 0 Å². The second kappa shape index (κ2) is 6.89. The average Bonchev–Trinajstić information content (AvgIpc) is 2.48. The third kappa shape index (κ3) is 3.35. The van der Waals surface area contributed by atoms with E-state index in [0.717, 1.165) is 56.6 Å². The highest BCUT2D eigenvalue weighted by Gasteiger charge is 2.23. The number of aromatic carboxylic acids is 1. The Morgan fingerprint density at radius 2 is 2.10 bits per heavy atom. The fraction of sp³-hybridized carbons (Fsp3) is 0.625. The van der Waals surface area contributed by atoms with Crippen molar-refractivity contribution in [3.63, 3.8) is 0 Å². The number of likely N-dealkylation sites (N-methyl/N-ethyl adjacent to an activating group) is 1. The molecule has 21 heavy (non-hydrogen) atoms. The van der Waals surface area contributed by atoms with Crippen molar-refractivity contribution >= 4 is 5.97 Å². The Hall–Kier alpha value is -1.62. The van der Waals surface area contributed by atoms with Crippen LogP contribution in [-0.4, -0.2) is 33.6 Å². The fourth-order valence-corrected chi connectivity index (χ4v) is 2.96. The second-order valence-corrected chi connectivity index (χ2v) is 5.62. The third-order valence-corrected chi connectivity index (χ3v) is 4.21. The summed E-state index contributed by atoms with van der Waals surface area (Å²) in [6.07, 6.45) is 3.88. The molecule has 1 aliphatic rings. The summed E-state index contributed by atoms with van der Waals surface area (Å²) in [7, 11) is 0. The largest absolute Gasteiger partial charge is 0.477 e. The SMILES string of the molecule is CCCCCn1c2c(cc(C(=O)O)c1=O)CN(CC)CC2. The average molecular weight is 292 g/mol. The number of pyridine rings is 1. The van der Waals surface area contributed by atoms with E-state index in [1.54, 1.807) is 10.6 Å². The quantitative estimate of drug-likeness (QED) is 0.816. The Morgan fingerprint density at radius 3 is 2.71 bits per heavy atom. The van der Waals surface area contributed by atoms with Gasteiger partial charge < -0.3 is 9.67 Å². The molecule has 0 atom stereocenters. The highest BCUT2D eigenvalue weighted by molar-refractivity contribution is 5.87. The van der Waals surface area contributed by atoms with Crippen molar-refractivity contribution in [1.82, 2.24) is 9.47 Å². The Labute approximate surface area is 125 Å². The van der Waals surface area contributed by atoms with E-state index in [0.29, 0.717) is 6.54 Å².